The summed E-state index contributed by atoms with van der Waals surface area (Å²) in [5.74, 6) is 3.15. The third-order valence-electron chi connectivity index (χ3n) is 11.7. The number of Topliss-reactive ketones (excluding diaryl/α,β-unsaturated/α-hetero) is 2. The Morgan fingerprint density at radius 3 is 2.48 bits per heavy atom. The molecule has 0 saturated heterocycles. The minimum atomic E-state index is -0.832. The fourth-order valence-corrected chi connectivity index (χ4v) is 10.3. The molecule has 0 aromatic rings. The van der Waals surface area contributed by atoms with Gasteiger partial charge in [0.25, 0.3) is 0 Å². The number of carbonyl (C=O) groups is 2. The first kappa shape index (κ1) is 20.2. The number of carbonyl (C=O) groups excluding carboxylic acids is 2. The van der Waals surface area contributed by atoms with E-state index < -0.39 is 5.60 Å². The van der Waals surface area contributed by atoms with Crippen molar-refractivity contribution in [3.8, 4) is 0 Å². The second kappa shape index (κ2) is 6.17. The summed E-state index contributed by atoms with van der Waals surface area (Å²) in [6, 6.07) is 0. The molecule has 0 aromatic carbocycles. The molecular formula is C26H40O3. The average molecular weight is 401 g/mol. The molecule has 0 spiro atoms. The predicted molar refractivity (Wildman–Crippen MR) is 113 cm³/mol. The number of aliphatic hydroxyl groups is 1. The normalized spacial score (nSPS) is 56.7. The molecule has 0 bridgehead atoms. The lowest BCUT2D eigenvalue weighted by atomic mass is 9.40. The lowest BCUT2D eigenvalue weighted by Gasteiger charge is -2.66. The van der Waals surface area contributed by atoms with E-state index in [0.717, 1.165) is 32.1 Å². The zero-order valence-corrected chi connectivity index (χ0v) is 18.9. The van der Waals surface area contributed by atoms with Gasteiger partial charge in [0.05, 0.1) is 5.60 Å². The Morgan fingerprint density at radius 1 is 1.00 bits per heavy atom. The van der Waals surface area contributed by atoms with E-state index >= 15 is 0 Å². The van der Waals surface area contributed by atoms with Crippen LogP contribution in [0.4, 0.5) is 0 Å². The van der Waals surface area contributed by atoms with Crippen LogP contribution in [0, 0.1) is 45.8 Å². The minimum Gasteiger partial charge on any atom is -0.389 e. The van der Waals surface area contributed by atoms with Gasteiger partial charge in [-0.15, -0.1) is 0 Å². The van der Waals surface area contributed by atoms with Crippen molar-refractivity contribution in [1.82, 2.24) is 0 Å². The topological polar surface area (TPSA) is 54.4 Å². The van der Waals surface area contributed by atoms with Gasteiger partial charge < -0.3 is 5.11 Å². The van der Waals surface area contributed by atoms with Gasteiger partial charge in [0.15, 0.2) is 0 Å². The summed E-state index contributed by atoms with van der Waals surface area (Å²) in [6.07, 6.45) is 11.2. The van der Waals surface area contributed by atoms with Gasteiger partial charge in [-0.3, -0.25) is 9.59 Å². The zero-order valence-electron chi connectivity index (χ0n) is 18.9. The Morgan fingerprint density at radius 2 is 1.76 bits per heavy atom. The second-order valence-corrected chi connectivity index (χ2v) is 12.2. The van der Waals surface area contributed by atoms with Crippen molar-refractivity contribution in [2.75, 3.05) is 0 Å². The highest BCUT2D eigenvalue weighted by molar-refractivity contribution is 5.84. The van der Waals surface area contributed by atoms with E-state index in [1.165, 1.54) is 25.7 Å². The van der Waals surface area contributed by atoms with Crippen molar-refractivity contribution in [1.29, 1.82) is 0 Å². The summed E-state index contributed by atoms with van der Waals surface area (Å²) in [4.78, 5) is 25.5. The summed E-state index contributed by atoms with van der Waals surface area (Å²) in [5, 5.41) is 11.8. The van der Waals surface area contributed by atoms with Crippen LogP contribution in [-0.4, -0.2) is 22.3 Å². The van der Waals surface area contributed by atoms with E-state index in [-0.39, 0.29) is 27.9 Å². The van der Waals surface area contributed by atoms with E-state index in [1.54, 1.807) is 0 Å². The monoisotopic (exact) mass is 400 g/mol. The van der Waals surface area contributed by atoms with E-state index in [0.29, 0.717) is 42.3 Å². The molecule has 5 aliphatic carbocycles. The minimum absolute atomic E-state index is 0.0959. The Labute approximate surface area is 176 Å². The predicted octanol–water partition coefficient (Wildman–Crippen LogP) is 5.33. The van der Waals surface area contributed by atoms with Crippen molar-refractivity contribution in [3.05, 3.63) is 0 Å². The molecule has 0 radical (unpaired) electrons. The van der Waals surface area contributed by atoms with E-state index in [1.807, 2.05) is 6.92 Å². The van der Waals surface area contributed by atoms with Crippen molar-refractivity contribution >= 4 is 11.6 Å². The van der Waals surface area contributed by atoms with Gasteiger partial charge in [0, 0.05) is 23.7 Å². The molecular weight excluding hydrogens is 360 g/mol. The van der Waals surface area contributed by atoms with E-state index in [9.17, 15) is 14.7 Å². The van der Waals surface area contributed by atoms with Crippen LogP contribution in [0.15, 0.2) is 0 Å². The fourth-order valence-electron chi connectivity index (χ4n) is 10.3. The first-order valence-electron chi connectivity index (χ1n) is 12.4. The molecule has 0 aliphatic heterocycles. The lowest BCUT2D eigenvalue weighted by Crippen LogP contribution is -2.66. The number of rotatable bonds is 1. The van der Waals surface area contributed by atoms with Crippen LogP contribution in [0.1, 0.15) is 98.3 Å². The molecule has 5 saturated carbocycles. The lowest BCUT2D eigenvalue weighted by molar-refractivity contribution is -0.230. The summed E-state index contributed by atoms with van der Waals surface area (Å²) in [5.41, 5.74) is -0.953. The van der Waals surface area contributed by atoms with Crippen molar-refractivity contribution in [2.45, 2.75) is 104 Å². The third kappa shape index (κ3) is 2.24. The molecule has 9 atom stereocenters. The molecule has 3 heteroatoms. The summed E-state index contributed by atoms with van der Waals surface area (Å²) in [7, 11) is 0. The largest absolute Gasteiger partial charge is 0.389 e. The Hall–Kier alpha value is -0.700. The number of fused-ring (bicyclic) bond motifs is 7. The highest BCUT2D eigenvalue weighted by Gasteiger charge is 2.71. The molecule has 5 rings (SSSR count). The maximum atomic E-state index is 13.2. The molecule has 0 heterocycles. The van der Waals surface area contributed by atoms with Crippen molar-refractivity contribution < 1.29 is 14.7 Å². The Balaban J connectivity index is 1.56. The van der Waals surface area contributed by atoms with Gasteiger partial charge in [-0.1, -0.05) is 33.6 Å². The molecule has 5 aliphatic rings. The van der Waals surface area contributed by atoms with Crippen molar-refractivity contribution in [3.63, 3.8) is 0 Å². The van der Waals surface area contributed by atoms with Gasteiger partial charge in [0.1, 0.15) is 11.6 Å². The van der Waals surface area contributed by atoms with E-state index in [4.69, 9.17) is 0 Å². The highest BCUT2D eigenvalue weighted by Crippen LogP contribution is 2.75. The standard InChI is InChI=1S/C26H40O3/c1-16-13-20-21(24(4)11-8-19(28)15-26(16,24)29)9-12-23(3)22(20)14-18-7-5-6-10-25(18,23)17(2)27/h16,18,20-22,29H,5-15H2,1-4H3/t16-,18+,20+,21-,22+,23-,24+,25-,26-/m0/s1. The zero-order chi connectivity index (χ0) is 20.8. The Bertz CT molecular complexity index is 744. The number of hydrogen-bond acceptors (Lipinski definition) is 3. The molecule has 3 nitrogen and oxygen atoms in total. The van der Waals surface area contributed by atoms with Crippen LogP contribution in [0.2, 0.25) is 0 Å². The number of ketones is 2. The molecule has 29 heavy (non-hydrogen) atoms. The van der Waals surface area contributed by atoms with Gasteiger partial charge in [-0.25, -0.2) is 0 Å². The molecule has 0 amide bonds. The highest BCUT2D eigenvalue weighted by atomic mass is 16.3. The van der Waals surface area contributed by atoms with Gasteiger partial charge in [0.2, 0.25) is 0 Å². The SMILES string of the molecule is CC(=O)[C@@]12CCCC[C@@H]1C[C@@H]1[C@@H]3C[C@H](C)[C@@]4(O)CC(=O)CC[C@]4(C)[C@H]3CC[C@@]12C. The van der Waals surface area contributed by atoms with Gasteiger partial charge in [-0.2, -0.15) is 0 Å². The smallest absolute Gasteiger partial charge is 0.136 e. The van der Waals surface area contributed by atoms with E-state index in [2.05, 4.69) is 20.8 Å². The van der Waals surface area contributed by atoms with Crippen molar-refractivity contribution in [2.24, 2.45) is 45.8 Å². The molecule has 162 valence electrons. The summed E-state index contributed by atoms with van der Waals surface area (Å²) in [6.45, 7) is 8.85. The molecule has 0 aromatic heterocycles. The van der Waals surface area contributed by atoms with Gasteiger partial charge in [-0.05, 0) is 86.9 Å². The van der Waals surface area contributed by atoms with Crippen LogP contribution in [0.25, 0.3) is 0 Å². The maximum Gasteiger partial charge on any atom is 0.136 e. The van der Waals surface area contributed by atoms with Crippen LogP contribution < -0.4 is 0 Å². The summed E-state index contributed by atoms with van der Waals surface area (Å²) < 4.78 is 0. The summed E-state index contributed by atoms with van der Waals surface area (Å²) >= 11 is 0. The first-order chi connectivity index (χ1) is 13.6. The van der Waals surface area contributed by atoms with Crippen LogP contribution >= 0.6 is 0 Å². The fraction of sp³-hybridized carbons (Fsp3) is 0.923. The average Bonchev–Trinajstić information content (AvgIpc) is 2.95. The third-order valence-corrected chi connectivity index (χ3v) is 11.7. The van der Waals surface area contributed by atoms with Crippen LogP contribution in [0.3, 0.4) is 0 Å². The van der Waals surface area contributed by atoms with Crippen LogP contribution in [0.5, 0.6) is 0 Å². The second-order valence-electron chi connectivity index (χ2n) is 12.2. The number of hydrogen-bond donors (Lipinski definition) is 1. The Kier molecular flexibility index (Phi) is 4.30. The van der Waals surface area contributed by atoms with Crippen LogP contribution in [-0.2, 0) is 9.59 Å². The molecule has 0 unspecified atom stereocenters. The quantitative estimate of drug-likeness (QED) is 0.647. The van der Waals surface area contributed by atoms with Gasteiger partial charge >= 0.3 is 0 Å². The first-order valence-corrected chi connectivity index (χ1v) is 12.4. The maximum absolute atomic E-state index is 13.2. The molecule has 5 fully saturated rings. The molecule has 1 N–H and O–H groups in total.